The zero-order valence-electron chi connectivity index (χ0n) is 12.6. The summed E-state index contributed by atoms with van der Waals surface area (Å²) >= 11 is 0. The van der Waals surface area contributed by atoms with Crippen LogP contribution >= 0.6 is 0 Å². The van der Waals surface area contributed by atoms with E-state index in [1.807, 2.05) is 12.1 Å². The molecule has 4 nitrogen and oxygen atoms in total. The van der Waals surface area contributed by atoms with Crippen LogP contribution in [-0.2, 0) is 0 Å². The molecule has 2 atom stereocenters. The van der Waals surface area contributed by atoms with E-state index in [4.69, 9.17) is 15.2 Å². The van der Waals surface area contributed by atoms with Crippen LogP contribution in [-0.4, -0.2) is 39.8 Å². The molecule has 0 spiro atoms. The SMILES string of the molecule is COc1ccc(C(CC(C)CN)N(C)C)c(OC)c1. The maximum absolute atomic E-state index is 5.74. The lowest BCUT2D eigenvalue weighted by molar-refractivity contribution is 0.248. The Bertz CT molecular complexity index is 394. The molecule has 2 unspecified atom stereocenters. The average molecular weight is 266 g/mol. The van der Waals surface area contributed by atoms with Gasteiger partial charge in [0.15, 0.2) is 0 Å². The van der Waals surface area contributed by atoms with Gasteiger partial charge in [-0.1, -0.05) is 13.0 Å². The normalized spacial score (nSPS) is 14.3. The Hall–Kier alpha value is -1.26. The predicted octanol–water partition coefficient (Wildman–Crippen LogP) is 2.29. The smallest absolute Gasteiger partial charge is 0.127 e. The molecule has 2 N–H and O–H groups in total. The van der Waals surface area contributed by atoms with Gasteiger partial charge in [0.1, 0.15) is 11.5 Å². The van der Waals surface area contributed by atoms with Crippen LogP contribution in [0.25, 0.3) is 0 Å². The van der Waals surface area contributed by atoms with Crippen molar-refractivity contribution >= 4 is 0 Å². The van der Waals surface area contributed by atoms with Gasteiger partial charge in [0, 0.05) is 17.7 Å². The predicted molar refractivity (Wildman–Crippen MR) is 78.8 cm³/mol. The zero-order valence-corrected chi connectivity index (χ0v) is 12.6. The maximum Gasteiger partial charge on any atom is 0.127 e. The van der Waals surface area contributed by atoms with Crippen molar-refractivity contribution in [1.82, 2.24) is 4.90 Å². The Morgan fingerprint density at radius 1 is 1.21 bits per heavy atom. The number of hydrogen-bond donors (Lipinski definition) is 1. The number of nitrogens with two attached hydrogens (primary N) is 1. The topological polar surface area (TPSA) is 47.7 Å². The molecule has 0 heterocycles. The molecule has 0 radical (unpaired) electrons. The Labute approximate surface area is 116 Å². The zero-order chi connectivity index (χ0) is 14.4. The highest BCUT2D eigenvalue weighted by atomic mass is 16.5. The monoisotopic (exact) mass is 266 g/mol. The summed E-state index contributed by atoms with van der Waals surface area (Å²) in [5.74, 6) is 2.14. The molecule has 0 saturated heterocycles. The molecule has 0 fully saturated rings. The summed E-state index contributed by atoms with van der Waals surface area (Å²) in [5, 5.41) is 0. The van der Waals surface area contributed by atoms with Crippen LogP contribution in [0.3, 0.4) is 0 Å². The van der Waals surface area contributed by atoms with Gasteiger partial charge in [0.2, 0.25) is 0 Å². The van der Waals surface area contributed by atoms with E-state index < -0.39 is 0 Å². The minimum atomic E-state index is 0.291. The van der Waals surface area contributed by atoms with Gasteiger partial charge in [0.05, 0.1) is 14.2 Å². The van der Waals surface area contributed by atoms with Gasteiger partial charge in [-0.25, -0.2) is 0 Å². The van der Waals surface area contributed by atoms with Crippen molar-refractivity contribution in [2.75, 3.05) is 34.9 Å². The van der Waals surface area contributed by atoms with Crippen molar-refractivity contribution < 1.29 is 9.47 Å². The summed E-state index contributed by atoms with van der Waals surface area (Å²) in [6.07, 6.45) is 1.01. The summed E-state index contributed by atoms with van der Waals surface area (Å²) in [6.45, 7) is 2.87. The van der Waals surface area contributed by atoms with E-state index in [2.05, 4.69) is 32.0 Å². The van der Waals surface area contributed by atoms with E-state index in [-0.39, 0.29) is 0 Å². The van der Waals surface area contributed by atoms with Gasteiger partial charge in [-0.05, 0) is 39.0 Å². The second kappa shape index (κ2) is 7.36. The first-order chi connectivity index (χ1) is 9.03. The summed E-state index contributed by atoms with van der Waals surface area (Å²) in [7, 11) is 7.51. The molecular weight excluding hydrogens is 240 g/mol. The molecule has 0 aliphatic rings. The molecular formula is C15H26N2O2. The summed E-state index contributed by atoms with van der Waals surface area (Å²) in [6, 6.07) is 6.27. The van der Waals surface area contributed by atoms with Gasteiger partial charge >= 0.3 is 0 Å². The first kappa shape index (κ1) is 15.8. The van der Waals surface area contributed by atoms with Crippen molar-refractivity contribution in [3.63, 3.8) is 0 Å². The number of methoxy groups -OCH3 is 2. The van der Waals surface area contributed by atoms with Crippen LogP contribution in [0.15, 0.2) is 18.2 Å². The molecule has 0 aliphatic heterocycles. The van der Waals surface area contributed by atoms with Crippen LogP contribution in [0.5, 0.6) is 11.5 Å². The van der Waals surface area contributed by atoms with Gasteiger partial charge in [0.25, 0.3) is 0 Å². The minimum absolute atomic E-state index is 0.291. The largest absolute Gasteiger partial charge is 0.497 e. The summed E-state index contributed by atoms with van der Waals surface area (Å²) in [4.78, 5) is 2.20. The Morgan fingerprint density at radius 3 is 2.37 bits per heavy atom. The molecule has 19 heavy (non-hydrogen) atoms. The first-order valence-electron chi connectivity index (χ1n) is 6.61. The Balaban J connectivity index is 3.07. The molecule has 1 aromatic rings. The fourth-order valence-corrected chi connectivity index (χ4v) is 2.19. The Kier molecular flexibility index (Phi) is 6.12. The minimum Gasteiger partial charge on any atom is -0.497 e. The molecule has 0 saturated carbocycles. The number of rotatable bonds is 7. The third-order valence-electron chi connectivity index (χ3n) is 3.45. The highest BCUT2D eigenvalue weighted by Gasteiger charge is 2.21. The van der Waals surface area contributed by atoms with E-state index >= 15 is 0 Å². The highest BCUT2D eigenvalue weighted by Crippen LogP contribution is 2.34. The van der Waals surface area contributed by atoms with Crippen molar-refractivity contribution in [3.8, 4) is 11.5 Å². The van der Waals surface area contributed by atoms with Crippen molar-refractivity contribution in [2.24, 2.45) is 11.7 Å². The second-order valence-electron chi connectivity index (χ2n) is 5.16. The van der Waals surface area contributed by atoms with Gasteiger partial charge in [-0.2, -0.15) is 0 Å². The Morgan fingerprint density at radius 2 is 1.89 bits per heavy atom. The fourth-order valence-electron chi connectivity index (χ4n) is 2.19. The third-order valence-corrected chi connectivity index (χ3v) is 3.45. The standard InChI is InChI=1S/C15H26N2O2/c1-11(10-16)8-14(17(2)3)13-7-6-12(18-4)9-15(13)19-5/h6-7,9,11,14H,8,10,16H2,1-5H3. The molecule has 0 aliphatic carbocycles. The van der Waals surface area contributed by atoms with Crippen molar-refractivity contribution in [3.05, 3.63) is 23.8 Å². The lowest BCUT2D eigenvalue weighted by Crippen LogP contribution is -2.25. The van der Waals surface area contributed by atoms with E-state index in [0.717, 1.165) is 17.9 Å². The van der Waals surface area contributed by atoms with Crippen LogP contribution in [0.4, 0.5) is 0 Å². The van der Waals surface area contributed by atoms with Crippen molar-refractivity contribution in [2.45, 2.75) is 19.4 Å². The van der Waals surface area contributed by atoms with Crippen LogP contribution in [0.1, 0.15) is 24.9 Å². The van der Waals surface area contributed by atoms with E-state index in [0.29, 0.717) is 18.5 Å². The van der Waals surface area contributed by atoms with Crippen LogP contribution < -0.4 is 15.2 Å². The fraction of sp³-hybridized carbons (Fsp3) is 0.600. The molecule has 0 aromatic heterocycles. The number of benzene rings is 1. The van der Waals surface area contributed by atoms with Gasteiger partial charge < -0.3 is 20.1 Å². The molecule has 1 aromatic carbocycles. The highest BCUT2D eigenvalue weighted by molar-refractivity contribution is 5.42. The quantitative estimate of drug-likeness (QED) is 0.822. The summed E-state index contributed by atoms with van der Waals surface area (Å²) in [5.41, 5.74) is 6.92. The maximum atomic E-state index is 5.74. The molecule has 4 heteroatoms. The molecule has 1 rings (SSSR count). The van der Waals surface area contributed by atoms with E-state index in [1.165, 1.54) is 5.56 Å². The number of ether oxygens (including phenoxy) is 2. The van der Waals surface area contributed by atoms with Crippen LogP contribution in [0.2, 0.25) is 0 Å². The number of hydrogen-bond acceptors (Lipinski definition) is 4. The molecule has 0 amide bonds. The third kappa shape index (κ3) is 4.11. The van der Waals surface area contributed by atoms with E-state index in [9.17, 15) is 0 Å². The van der Waals surface area contributed by atoms with Gasteiger partial charge in [-0.3, -0.25) is 0 Å². The lowest BCUT2D eigenvalue weighted by Gasteiger charge is -2.28. The van der Waals surface area contributed by atoms with E-state index in [1.54, 1.807) is 14.2 Å². The molecule has 0 bridgehead atoms. The lowest BCUT2D eigenvalue weighted by atomic mass is 9.94. The van der Waals surface area contributed by atoms with Gasteiger partial charge in [-0.15, -0.1) is 0 Å². The molecule has 108 valence electrons. The van der Waals surface area contributed by atoms with Crippen LogP contribution in [0, 0.1) is 5.92 Å². The second-order valence-corrected chi connectivity index (χ2v) is 5.16. The van der Waals surface area contributed by atoms with Crippen molar-refractivity contribution in [1.29, 1.82) is 0 Å². The number of nitrogens with zero attached hydrogens (tertiary/aromatic N) is 1. The summed E-state index contributed by atoms with van der Waals surface area (Å²) < 4.78 is 10.7. The average Bonchev–Trinajstić information content (AvgIpc) is 2.43. The first-order valence-corrected chi connectivity index (χ1v) is 6.61.